The molecule has 0 fully saturated rings. The lowest BCUT2D eigenvalue weighted by Crippen LogP contribution is -2.24. The van der Waals surface area contributed by atoms with Crippen molar-refractivity contribution >= 4 is 21.9 Å². The van der Waals surface area contributed by atoms with Gasteiger partial charge in [-0.25, -0.2) is 0 Å². The summed E-state index contributed by atoms with van der Waals surface area (Å²) in [6.45, 7) is 2.98. The molecule has 4 nitrogen and oxygen atoms in total. The first-order valence-corrected chi connectivity index (χ1v) is 5.48. The summed E-state index contributed by atoms with van der Waals surface area (Å²) in [5.74, 6) is -0.241. The summed E-state index contributed by atoms with van der Waals surface area (Å²) in [6, 6.07) is 3.80. The molecule has 0 saturated carbocycles. The molecule has 1 aromatic rings. The van der Waals surface area contributed by atoms with Crippen molar-refractivity contribution < 1.29 is 9.53 Å². The molecular weight excluding hydrogens is 260 g/mol. The van der Waals surface area contributed by atoms with E-state index in [-0.39, 0.29) is 12.5 Å². The van der Waals surface area contributed by atoms with Gasteiger partial charge >= 0.3 is 5.97 Å². The minimum Gasteiger partial charge on any atom is -0.465 e. The summed E-state index contributed by atoms with van der Waals surface area (Å²) in [5.41, 5.74) is 0.891. The number of pyridine rings is 1. The van der Waals surface area contributed by atoms with Crippen molar-refractivity contribution in [3.63, 3.8) is 0 Å². The van der Waals surface area contributed by atoms with Gasteiger partial charge in [0.05, 0.1) is 18.8 Å². The van der Waals surface area contributed by atoms with Gasteiger partial charge in [0.25, 0.3) is 0 Å². The number of hydrogen-bond acceptors (Lipinski definition) is 4. The molecule has 5 heteroatoms. The van der Waals surface area contributed by atoms with Crippen LogP contribution in [0.5, 0.6) is 0 Å². The number of aromatic nitrogens is 1. The third kappa shape index (κ3) is 4.90. The van der Waals surface area contributed by atoms with Gasteiger partial charge in [-0.2, -0.15) is 0 Å². The Morgan fingerprint density at radius 3 is 3.00 bits per heavy atom. The zero-order chi connectivity index (χ0) is 11.1. The monoisotopic (exact) mass is 272 g/mol. The van der Waals surface area contributed by atoms with Crippen LogP contribution in [0, 0.1) is 0 Å². The van der Waals surface area contributed by atoms with E-state index in [1.165, 1.54) is 0 Å². The van der Waals surface area contributed by atoms with E-state index in [1.54, 1.807) is 13.1 Å². The number of rotatable bonds is 5. The number of esters is 1. The third-order valence-electron chi connectivity index (χ3n) is 1.67. The first-order valence-electron chi connectivity index (χ1n) is 4.69. The molecule has 0 aliphatic heterocycles. The number of hydrogen-bond donors (Lipinski definition) is 1. The van der Waals surface area contributed by atoms with Gasteiger partial charge in [0, 0.05) is 17.2 Å². The molecule has 0 aromatic carbocycles. The van der Waals surface area contributed by atoms with E-state index in [4.69, 9.17) is 4.74 Å². The Balaban J connectivity index is 2.26. The van der Waals surface area contributed by atoms with Crippen LogP contribution < -0.4 is 5.32 Å². The Morgan fingerprint density at radius 1 is 1.60 bits per heavy atom. The van der Waals surface area contributed by atoms with Gasteiger partial charge in [0.15, 0.2) is 0 Å². The molecular formula is C10H13BrN2O2. The van der Waals surface area contributed by atoms with Crippen molar-refractivity contribution in [2.75, 3.05) is 13.2 Å². The predicted molar refractivity (Wildman–Crippen MR) is 60.3 cm³/mol. The Labute approximate surface area is 97.2 Å². The first kappa shape index (κ1) is 12.1. The molecule has 0 unspecified atom stereocenters. The van der Waals surface area contributed by atoms with Crippen molar-refractivity contribution in [3.8, 4) is 0 Å². The highest BCUT2D eigenvalue weighted by molar-refractivity contribution is 9.10. The van der Waals surface area contributed by atoms with Crippen molar-refractivity contribution in [1.82, 2.24) is 10.3 Å². The number of nitrogens with one attached hydrogen (secondary N) is 1. The van der Waals surface area contributed by atoms with Crippen molar-refractivity contribution in [2.45, 2.75) is 13.5 Å². The van der Waals surface area contributed by atoms with Crippen LogP contribution in [0.1, 0.15) is 12.6 Å². The molecule has 0 bridgehead atoms. The van der Waals surface area contributed by atoms with Crippen LogP contribution in [0.2, 0.25) is 0 Å². The van der Waals surface area contributed by atoms with Crippen LogP contribution in [0.15, 0.2) is 22.8 Å². The molecule has 0 aliphatic rings. The Kier molecular flexibility index (Phi) is 5.28. The van der Waals surface area contributed by atoms with Crippen molar-refractivity contribution in [2.24, 2.45) is 0 Å². The molecule has 0 radical (unpaired) electrons. The summed E-state index contributed by atoms with van der Waals surface area (Å²) >= 11 is 3.30. The lowest BCUT2D eigenvalue weighted by Gasteiger charge is -2.03. The smallest absolute Gasteiger partial charge is 0.319 e. The van der Waals surface area contributed by atoms with E-state index in [0.29, 0.717) is 13.2 Å². The highest BCUT2D eigenvalue weighted by Crippen LogP contribution is 2.06. The van der Waals surface area contributed by atoms with Crippen molar-refractivity contribution in [1.29, 1.82) is 0 Å². The second-order valence-corrected chi connectivity index (χ2v) is 3.79. The zero-order valence-corrected chi connectivity index (χ0v) is 10.1. The fourth-order valence-electron chi connectivity index (χ4n) is 1.02. The Bertz CT molecular complexity index is 314. The van der Waals surface area contributed by atoms with Crippen LogP contribution in [0.3, 0.4) is 0 Å². The SMILES string of the molecule is CCOC(=O)CNCc1ccc(Br)cn1. The normalized spacial score (nSPS) is 10.0. The van der Waals surface area contributed by atoms with E-state index in [0.717, 1.165) is 10.2 Å². The van der Waals surface area contributed by atoms with Crippen LogP contribution in [0.4, 0.5) is 0 Å². The van der Waals surface area contributed by atoms with Gasteiger partial charge in [0.2, 0.25) is 0 Å². The minimum atomic E-state index is -0.241. The average molecular weight is 273 g/mol. The molecule has 0 atom stereocenters. The van der Waals surface area contributed by atoms with Gasteiger partial charge in [-0.1, -0.05) is 0 Å². The highest BCUT2D eigenvalue weighted by Gasteiger charge is 2.00. The summed E-state index contributed by atoms with van der Waals surface area (Å²) in [5, 5.41) is 2.95. The largest absolute Gasteiger partial charge is 0.465 e. The average Bonchev–Trinajstić information content (AvgIpc) is 2.21. The van der Waals surface area contributed by atoms with E-state index in [2.05, 4.69) is 26.2 Å². The zero-order valence-electron chi connectivity index (χ0n) is 8.50. The summed E-state index contributed by atoms with van der Waals surface area (Å²) in [7, 11) is 0. The van der Waals surface area contributed by atoms with Crippen LogP contribution in [0.25, 0.3) is 0 Å². The van der Waals surface area contributed by atoms with E-state index in [1.807, 2.05) is 12.1 Å². The predicted octanol–water partition coefficient (Wildman–Crippen LogP) is 1.50. The number of carbonyl (C=O) groups is 1. The van der Waals surface area contributed by atoms with Gasteiger partial charge in [-0.3, -0.25) is 9.78 Å². The molecule has 1 N–H and O–H groups in total. The summed E-state index contributed by atoms with van der Waals surface area (Å²) in [4.78, 5) is 15.1. The van der Waals surface area contributed by atoms with Gasteiger partial charge in [-0.15, -0.1) is 0 Å². The second kappa shape index (κ2) is 6.53. The molecule has 0 saturated heterocycles. The van der Waals surface area contributed by atoms with Crippen molar-refractivity contribution in [3.05, 3.63) is 28.5 Å². The minimum absolute atomic E-state index is 0.214. The number of ether oxygens (including phenoxy) is 1. The maximum atomic E-state index is 11.0. The fourth-order valence-corrected chi connectivity index (χ4v) is 1.25. The van der Waals surface area contributed by atoms with Gasteiger partial charge in [-0.05, 0) is 35.0 Å². The van der Waals surface area contributed by atoms with E-state index in [9.17, 15) is 4.79 Å². The molecule has 0 amide bonds. The molecule has 1 rings (SSSR count). The molecule has 1 aromatic heterocycles. The summed E-state index contributed by atoms with van der Waals surface area (Å²) < 4.78 is 5.71. The van der Waals surface area contributed by atoms with Crippen LogP contribution >= 0.6 is 15.9 Å². The first-order chi connectivity index (χ1) is 7.22. The Morgan fingerprint density at radius 2 is 2.40 bits per heavy atom. The fraction of sp³-hybridized carbons (Fsp3) is 0.400. The van der Waals surface area contributed by atoms with Gasteiger partial charge < -0.3 is 10.1 Å². The van der Waals surface area contributed by atoms with E-state index < -0.39 is 0 Å². The number of halogens is 1. The van der Waals surface area contributed by atoms with Crippen LogP contribution in [-0.2, 0) is 16.1 Å². The standard InChI is InChI=1S/C10H13BrN2O2/c1-2-15-10(14)7-12-6-9-4-3-8(11)5-13-9/h3-5,12H,2,6-7H2,1H3. The highest BCUT2D eigenvalue weighted by atomic mass is 79.9. The lowest BCUT2D eigenvalue weighted by atomic mass is 10.3. The molecule has 1 heterocycles. The topological polar surface area (TPSA) is 51.2 Å². The van der Waals surface area contributed by atoms with E-state index >= 15 is 0 Å². The second-order valence-electron chi connectivity index (χ2n) is 2.88. The molecule has 0 spiro atoms. The maximum Gasteiger partial charge on any atom is 0.319 e. The van der Waals surface area contributed by atoms with Gasteiger partial charge in [0.1, 0.15) is 0 Å². The lowest BCUT2D eigenvalue weighted by molar-refractivity contribution is -0.142. The maximum absolute atomic E-state index is 11.0. The third-order valence-corrected chi connectivity index (χ3v) is 2.14. The summed E-state index contributed by atoms with van der Waals surface area (Å²) in [6.07, 6.45) is 1.72. The quantitative estimate of drug-likeness (QED) is 0.826. The number of nitrogens with zero attached hydrogens (tertiary/aromatic N) is 1. The number of carbonyl (C=O) groups excluding carboxylic acids is 1. The molecule has 15 heavy (non-hydrogen) atoms. The Hall–Kier alpha value is -0.940. The molecule has 82 valence electrons. The molecule has 0 aliphatic carbocycles. The van der Waals surface area contributed by atoms with Crippen LogP contribution in [-0.4, -0.2) is 24.1 Å².